The number of carbonyl (C=O) groups excluding carboxylic acids is 2. The lowest BCUT2D eigenvalue weighted by Crippen LogP contribution is -2.42. The Bertz CT molecular complexity index is 1300. The molecule has 0 bridgehead atoms. The fraction of sp³-hybridized carbons (Fsp3) is 0.0769. The first-order chi connectivity index (χ1) is 17.0. The molecule has 35 heavy (non-hydrogen) atoms. The lowest BCUT2D eigenvalue weighted by Gasteiger charge is -2.31. The highest BCUT2D eigenvalue weighted by molar-refractivity contribution is 6.11. The zero-order chi connectivity index (χ0) is 24.8. The summed E-state index contributed by atoms with van der Waals surface area (Å²) in [5.41, 5.74) is 1.04. The number of hydrogen-bond acceptors (Lipinski definition) is 5. The number of halogens is 2. The van der Waals surface area contributed by atoms with E-state index in [9.17, 15) is 18.4 Å². The van der Waals surface area contributed by atoms with Crippen molar-refractivity contribution in [3.05, 3.63) is 114 Å². The molecule has 2 amide bonds. The molecule has 0 aliphatic rings. The molecule has 7 nitrogen and oxygen atoms in total. The van der Waals surface area contributed by atoms with Gasteiger partial charge in [-0.1, -0.05) is 12.1 Å². The largest absolute Gasteiger partial charge is 0.497 e. The number of methoxy groups -OCH3 is 1. The summed E-state index contributed by atoms with van der Waals surface area (Å²) in [6, 6.07) is 15.7. The molecule has 1 unspecified atom stereocenters. The van der Waals surface area contributed by atoms with Crippen molar-refractivity contribution < 1.29 is 23.1 Å². The van der Waals surface area contributed by atoms with Gasteiger partial charge in [0.05, 0.1) is 13.3 Å². The summed E-state index contributed by atoms with van der Waals surface area (Å²) in [5.74, 6) is -1.61. The first kappa shape index (κ1) is 23.5. The Morgan fingerprint density at radius 2 is 1.51 bits per heavy atom. The van der Waals surface area contributed by atoms with Crippen LogP contribution in [0, 0.1) is 11.6 Å². The molecule has 0 aliphatic carbocycles. The zero-order valence-electron chi connectivity index (χ0n) is 18.6. The van der Waals surface area contributed by atoms with Gasteiger partial charge in [-0.2, -0.15) is 0 Å². The van der Waals surface area contributed by atoms with Crippen molar-refractivity contribution in [2.45, 2.75) is 6.04 Å². The lowest BCUT2D eigenvalue weighted by molar-refractivity contribution is -0.117. The topological polar surface area (TPSA) is 84.4 Å². The van der Waals surface area contributed by atoms with Crippen molar-refractivity contribution >= 4 is 23.2 Å². The maximum Gasteiger partial charge on any atom is 0.279 e. The fourth-order valence-corrected chi connectivity index (χ4v) is 3.47. The number of hydrogen-bond donors (Lipinski definition) is 1. The number of amides is 2. The Hall–Kier alpha value is -4.66. The van der Waals surface area contributed by atoms with Crippen molar-refractivity contribution in [1.29, 1.82) is 0 Å². The molecule has 0 saturated heterocycles. The molecule has 0 spiro atoms. The van der Waals surface area contributed by atoms with Crippen molar-refractivity contribution in [3.63, 3.8) is 0 Å². The van der Waals surface area contributed by atoms with Gasteiger partial charge >= 0.3 is 0 Å². The van der Waals surface area contributed by atoms with Crippen LogP contribution in [0.15, 0.2) is 91.4 Å². The van der Waals surface area contributed by atoms with E-state index in [2.05, 4.69) is 15.3 Å². The Labute approximate surface area is 200 Å². The summed E-state index contributed by atoms with van der Waals surface area (Å²) >= 11 is 0. The van der Waals surface area contributed by atoms with Gasteiger partial charge in [0.25, 0.3) is 11.8 Å². The summed E-state index contributed by atoms with van der Waals surface area (Å²) < 4.78 is 32.3. The average molecular weight is 474 g/mol. The molecule has 3 aromatic carbocycles. The third kappa shape index (κ3) is 5.47. The Morgan fingerprint density at radius 3 is 2.09 bits per heavy atom. The maximum atomic E-state index is 13.7. The fourth-order valence-electron chi connectivity index (χ4n) is 3.47. The third-order valence-electron chi connectivity index (χ3n) is 5.16. The van der Waals surface area contributed by atoms with Crippen molar-refractivity contribution in [3.8, 4) is 5.75 Å². The predicted octanol–water partition coefficient (Wildman–Crippen LogP) is 4.79. The second-order valence-corrected chi connectivity index (χ2v) is 7.41. The number of benzene rings is 3. The molecular formula is C26H20F2N4O3. The molecule has 4 rings (SSSR count). The van der Waals surface area contributed by atoms with Crippen LogP contribution >= 0.6 is 0 Å². The minimum atomic E-state index is -1.23. The third-order valence-corrected chi connectivity index (χ3v) is 5.16. The number of carbonyl (C=O) groups is 2. The minimum absolute atomic E-state index is 0.00464. The maximum absolute atomic E-state index is 13.7. The average Bonchev–Trinajstić information content (AvgIpc) is 2.89. The van der Waals surface area contributed by atoms with E-state index < -0.39 is 29.5 Å². The second-order valence-electron chi connectivity index (χ2n) is 7.41. The molecule has 0 aliphatic heterocycles. The van der Waals surface area contributed by atoms with E-state index in [0.29, 0.717) is 22.7 Å². The predicted molar refractivity (Wildman–Crippen MR) is 126 cm³/mol. The molecule has 176 valence electrons. The van der Waals surface area contributed by atoms with Crippen LogP contribution in [0.3, 0.4) is 0 Å². The van der Waals surface area contributed by atoms with E-state index in [1.807, 2.05) is 0 Å². The standard InChI is InChI=1S/C26H20F2N4O3/c1-35-22-12-10-21(11-13-22)32(26(34)23-16-29-14-15-30-23)24(17-2-4-18(27)5-3-17)25(33)31-20-8-6-19(28)7-9-20/h2-16,24H,1H3,(H,31,33). The van der Waals surface area contributed by atoms with Gasteiger partial charge in [-0.15, -0.1) is 0 Å². The van der Waals surface area contributed by atoms with E-state index >= 15 is 0 Å². The first-order valence-electron chi connectivity index (χ1n) is 10.5. The van der Waals surface area contributed by atoms with E-state index in [1.54, 1.807) is 24.3 Å². The van der Waals surface area contributed by atoms with E-state index in [4.69, 9.17) is 4.74 Å². The Balaban J connectivity index is 1.83. The van der Waals surface area contributed by atoms with Gasteiger partial charge in [-0.3, -0.25) is 19.5 Å². The molecule has 1 N–H and O–H groups in total. The van der Waals surface area contributed by atoms with Gasteiger partial charge in [0.1, 0.15) is 29.1 Å². The highest BCUT2D eigenvalue weighted by atomic mass is 19.1. The van der Waals surface area contributed by atoms with Gasteiger partial charge in [0.2, 0.25) is 0 Å². The molecule has 1 heterocycles. The first-order valence-corrected chi connectivity index (χ1v) is 10.5. The molecule has 0 saturated carbocycles. The van der Waals surface area contributed by atoms with Crippen molar-refractivity contribution in [2.24, 2.45) is 0 Å². The number of ether oxygens (including phenoxy) is 1. The lowest BCUT2D eigenvalue weighted by atomic mass is 10.0. The smallest absolute Gasteiger partial charge is 0.279 e. The van der Waals surface area contributed by atoms with Crippen molar-refractivity contribution in [2.75, 3.05) is 17.3 Å². The molecule has 4 aromatic rings. The number of aromatic nitrogens is 2. The van der Waals surface area contributed by atoms with Gasteiger partial charge in [-0.05, 0) is 66.2 Å². The van der Waals surface area contributed by atoms with Crippen LogP contribution in [-0.2, 0) is 4.79 Å². The number of nitrogens with zero attached hydrogens (tertiary/aromatic N) is 3. The molecule has 1 aromatic heterocycles. The molecule has 0 fully saturated rings. The summed E-state index contributed by atoms with van der Waals surface area (Å²) in [5, 5.41) is 2.71. The van der Waals surface area contributed by atoms with Crippen LogP contribution in [0.5, 0.6) is 5.75 Å². The number of rotatable bonds is 7. The molecular weight excluding hydrogens is 454 g/mol. The summed E-state index contributed by atoms with van der Waals surface area (Å²) in [4.78, 5) is 36.6. The molecule has 0 radical (unpaired) electrons. The van der Waals surface area contributed by atoms with Crippen LogP contribution in [0.2, 0.25) is 0 Å². The second kappa shape index (κ2) is 10.5. The van der Waals surface area contributed by atoms with E-state index in [0.717, 1.165) is 0 Å². The van der Waals surface area contributed by atoms with Crippen LogP contribution < -0.4 is 15.0 Å². The molecule has 9 heteroatoms. The van der Waals surface area contributed by atoms with E-state index in [1.165, 1.54) is 79.1 Å². The summed E-state index contributed by atoms with van der Waals surface area (Å²) in [6.45, 7) is 0. The summed E-state index contributed by atoms with van der Waals surface area (Å²) in [6.07, 6.45) is 4.08. The van der Waals surface area contributed by atoms with Crippen LogP contribution in [0.4, 0.5) is 20.2 Å². The normalized spacial score (nSPS) is 11.4. The number of nitrogens with one attached hydrogen (secondary N) is 1. The Morgan fingerprint density at radius 1 is 0.886 bits per heavy atom. The van der Waals surface area contributed by atoms with Crippen LogP contribution in [0.1, 0.15) is 22.1 Å². The van der Waals surface area contributed by atoms with Crippen molar-refractivity contribution in [1.82, 2.24) is 9.97 Å². The zero-order valence-corrected chi connectivity index (χ0v) is 18.6. The highest BCUT2D eigenvalue weighted by Crippen LogP contribution is 2.31. The monoisotopic (exact) mass is 474 g/mol. The van der Waals surface area contributed by atoms with Crippen LogP contribution in [0.25, 0.3) is 0 Å². The highest BCUT2D eigenvalue weighted by Gasteiger charge is 2.34. The SMILES string of the molecule is COc1ccc(N(C(=O)c2cnccn2)C(C(=O)Nc2ccc(F)cc2)c2ccc(F)cc2)cc1. The quantitative estimate of drug-likeness (QED) is 0.416. The van der Waals surface area contributed by atoms with Gasteiger partial charge in [-0.25, -0.2) is 13.8 Å². The van der Waals surface area contributed by atoms with Gasteiger partial charge in [0, 0.05) is 23.8 Å². The van der Waals surface area contributed by atoms with E-state index in [-0.39, 0.29) is 5.69 Å². The number of anilines is 2. The summed E-state index contributed by atoms with van der Waals surface area (Å²) in [7, 11) is 1.51. The molecule has 1 atom stereocenters. The van der Waals surface area contributed by atoms with Gasteiger partial charge in [0.15, 0.2) is 0 Å². The minimum Gasteiger partial charge on any atom is -0.497 e. The van der Waals surface area contributed by atoms with Gasteiger partial charge < -0.3 is 10.1 Å². The van der Waals surface area contributed by atoms with Crippen LogP contribution in [-0.4, -0.2) is 28.9 Å². The Kier molecular flexibility index (Phi) is 7.06.